The van der Waals surface area contributed by atoms with Crippen molar-refractivity contribution in [2.75, 3.05) is 0 Å². The quantitative estimate of drug-likeness (QED) is 0.272. The molecule has 0 aliphatic heterocycles. The lowest BCUT2D eigenvalue weighted by molar-refractivity contribution is -0.169. The number of esters is 1. The molecule has 2 aliphatic rings. The maximum Gasteiger partial charge on any atom is 0.512 e. The maximum absolute atomic E-state index is 14.3. The average Bonchev–Trinajstić information content (AvgIpc) is 2.77. The van der Waals surface area contributed by atoms with Crippen molar-refractivity contribution in [2.45, 2.75) is 99.3 Å². The van der Waals surface area contributed by atoms with Gasteiger partial charge in [0.05, 0.1) is 5.92 Å². The fraction of sp³-hybridized carbons (Fsp3) is 0.947. The zero-order chi connectivity index (χ0) is 30.3. The van der Waals surface area contributed by atoms with E-state index in [0.717, 1.165) is 32.1 Å². The highest BCUT2D eigenvalue weighted by Gasteiger charge is 2.74. The molecule has 2 saturated carbocycles. The molecule has 0 aromatic carbocycles. The molecular formula is C19H29F7N2O8S3. The van der Waals surface area contributed by atoms with Gasteiger partial charge in [0.25, 0.3) is 20.0 Å². The molecule has 0 heterocycles. The first kappa shape index (κ1) is 34.0. The normalized spacial score (nSPS) is 23.4. The molecule has 0 bridgehead atoms. The van der Waals surface area contributed by atoms with Gasteiger partial charge in [0.2, 0.25) is 0 Å². The van der Waals surface area contributed by atoms with Crippen LogP contribution in [0.3, 0.4) is 0 Å². The lowest BCUT2D eigenvalue weighted by Gasteiger charge is -2.38. The number of rotatable bonds is 10. The largest absolute Gasteiger partial charge is 0.512 e. The Morgan fingerprint density at radius 1 is 0.692 bits per heavy atom. The highest BCUT2D eigenvalue weighted by molar-refractivity contribution is 8.06. The van der Waals surface area contributed by atoms with Crippen molar-refractivity contribution in [3.63, 3.8) is 0 Å². The molecule has 20 heteroatoms. The Balaban J connectivity index is 2.07. The predicted octanol–water partition coefficient (Wildman–Crippen LogP) is 3.32. The van der Waals surface area contributed by atoms with E-state index in [9.17, 15) is 60.8 Å². The molecule has 0 radical (unpaired) electrons. The summed E-state index contributed by atoms with van der Waals surface area (Å²) in [4.78, 5) is 12.7. The summed E-state index contributed by atoms with van der Waals surface area (Å²) in [6, 6.07) is -1.47. The minimum Gasteiger partial charge on any atom is -0.459 e. The Bertz CT molecular complexity index is 1220. The predicted molar refractivity (Wildman–Crippen MR) is 121 cm³/mol. The van der Waals surface area contributed by atoms with Gasteiger partial charge in [-0.25, -0.2) is 30.0 Å². The third-order valence-corrected chi connectivity index (χ3v) is 11.9. The highest BCUT2D eigenvalue weighted by Crippen LogP contribution is 2.43. The van der Waals surface area contributed by atoms with E-state index in [1.54, 1.807) is 13.8 Å². The number of ether oxygens (including phenoxy) is 1. The number of sulfonamides is 3. The zero-order valence-corrected chi connectivity index (χ0v) is 23.2. The molecule has 0 saturated heterocycles. The fourth-order valence-corrected chi connectivity index (χ4v) is 8.58. The van der Waals surface area contributed by atoms with E-state index in [1.165, 1.54) is 4.72 Å². The average molecular weight is 643 g/mol. The molecule has 2 rings (SSSR count). The number of carbonyl (C=O) groups excluding carboxylic acids is 1. The molecule has 0 unspecified atom stereocenters. The molecule has 230 valence electrons. The van der Waals surface area contributed by atoms with Crippen molar-refractivity contribution in [1.82, 2.24) is 8.85 Å². The lowest BCUT2D eigenvalue weighted by Crippen LogP contribution is -2.61. The number of alkyl halides is 7. The second-order valence-electron chi connectivity index (χ2n) is 10.1. The molecule has 2 fully saturated rings. The summed E-state index contributed by atoms with van der Waals surface area (Å²) in [5.41, 5.74) is -7.28. The van der Waals surface area contributed by atoms with Crippen LogP contribution in [0.5, 0.6) is 0 Å². The summed E-state index contributed by atoms with van der Waals surface area (Å²) < 4.78 is 169. The van der Waals surface area contributed by atoms with Crippen molar-refractivity contribution in [3.8, 4) is 0 Å². The first-order valence-corrected chi connectivity index (χ1v) is 16.2. The molecular weight excluding hydrogens is 613 g/mol. The van der Waals surface area contributed by atoms with Gasteiger partial charge in [0, 0.05) is 6.04 Å². The minimum atomic E-state index is -7.45. The second-order valence-corrected chi connectivity index (χ2v) is 15.5. The van der Waals surface area contributed by atoms with Gasteiger partial charge in [-0.1, -0.05) is 23.4 Å². The van der Waals surface area contributed by atoms with Crippen molar-refractivity contribution in [2.24, 2.45) is 11.8 Å². The highest BCUT2D eigenvalue weighted by atomic mass is 32.3. The van der Waals surface area contributed by atoms with Crippen LogP contribution in [0.15, 0.2) is 0 Å². The molecule has 0 spiro atoms. The second kappa shape index (κ2) is 11.2. The first-order chi connectivity index (χ1) is 17.4. The van der Waals surface area contributed by atoms with Gasteiger partial charge >= 0.3 is 32.0 Å². The summed E-state index contributed by atoms with van der Waals surface area (Å²) >= 11 is 0. The number of hydrogen-bond acceptors (Lipinski definition) is 8. The van der Waals surface area contributed by atoms with Gasteiger partial charge in [-0.2, -0.15) is 30.7 Å². The molecule has 2 N–H and O–H groups in total. The fourth-order valence-electron chi connectivity index (χ4n) is 4.52. The van der Waals surface area contributed by atoms with Gasteiger partial charge in [-0.15, -0.1) is 0 Å². The summed E-state index contributed by atoms with van der Waals surface area (Å²) in [5.74, 6) is -1.24. The van der Waals surface area contributed by atoms with E-state index in [4.69, 9.17) is 4.74 Å². The van der Waals surface area contributed by atoms with Crippen molar-refractivity contribution >= 4 is 36.0 Å². The van der Waals surface area contributed by atoms with Crippen LogP contribution in [0.1, 0.15) is 71.6 Å². The smallest absolute Gasteiger partial charge is 0.459 e. The van der Waals surface area contributed by atoms with E-state index in [-0.39, 0.29) is 31.6 Å². The lowest BCUT2D eigenvalue weighted by atomic mass is 9.78. The van der Waals surface area contributed by atoms with Crippen LogP contribution in [0, 0.1) is 11.8 Å². The van der Waals surface area contributed by atoms with E-state index >= 15 is 0 Å². The van der Waals surface area contributed by atoms with E-state index in [1.807, 2.05) is 0 Å². The molecule has 0 atom stereocenters. The van der Waals surface area contributed by atoms with Crippen LogP contribution in [0.25, 0.3) is 0 Å². The number of carbonyl (C=O) groups is 1. The Labute approximate surface area is 221 Å². The van der Waals surface area contributed by atoms with Crippen LogP contribution in [-0.2, 0) is 39.6 Å². The number of hydrogen-bond donors (Lipinski definition) is 2. The van der Waals surface area contributed by atoms with Gasteiger partial charge in [0.1, 0.15) is 5.60 Å². The van der Waals surface area contributed by atoms with E-state index in [0.29, 0.717) is 0 Å². The Hall–Kier alpha value is -1.25. The van der Waals surface area contributed by atoms with Crippen LogP contribution in [0.4, 0.5) is 30.7 Å². The Morgan fingerprint density at radius 3 is 1.62 bits per heavy atom. The van der Waals surface area contributed by atoms with Gasteiger partial charge < -0.3 is 4.74 Å². The standard InChI is InChI=1S/C19H29F7N2O8S3/c1-16(2,13-6-4-3-5-7-13)36-15(29)12-8-10-14(11-9-12)27-37(30,31)17(20,21)18(22,23)38(32,33)28-39(34,35)19(24,25)26/h12-14,27-28H,3-11H2,1-2H3. The summed E-state index contributed by atoms with van der Waals surface area (Å²) in [6.07, 6.45) is 3.92. The number of nitrogens with one attached hydrogen (secondary N) is 2. The van der Waals surface area contributed by atoms with Crippen molar-refractivity contribution < 1.29 is 65.5 Å². The van der Waals surface area contributed by atoms with E-state index < -0.39 is 73.7 Å². The van der Waals surface area contributed by atoms with Gasteiger partial charge in [-0.05, 0) is 58.3 Å². The van der Waals surface area contributed by atoms with Crippen LogP contribution in [-0.4, -0.2) is 58.9 Å². The molecule has 10 nitrogen and oxygen atoms in total. The summed E-state index contributed by atoms with van der Waals surface area (Å²) in [7, 11) is -21.2. The van der Waals surface area contributed by atoms with Crippen molar-refractivity contribution in [1.29, 1.82) is 0 Å². The van der Waals surface area contributed by atoms with E-state index in [2.05, 4.69) is 0 Å². The first-order valence-electron chi connectivity index (χ1n) is 11.7. The summed E-state index contributed by atoms with van der Waals surface area (Å²) in [5, 5.41) is -13.5. The SMILES string of the molecule is CC(C)(OC(=O)C1CCC(NS(=O)(=O)C(F)(F)C(F)(F)S(=O)(=O)NS(=O)(=O)C(F)(F)F)CC1)C1CCCCC1. The molecule has 39 heavy (non-hydrogen) atoms. The van der Waals surface area contributed by atoms with Crippen LogP contribution >= 0.6 is 0 Å². The molecule has 0 amide bonds. The van der Waals surface area contributed by atoms with Crippen LogP contribution in [0.2, 0.25) is 0 Å². The topological polar surface area (TPSA) is 153 Å². The third kappa shape index (κ3) is 7.16. The molecule has 0 aromatic heterocycles. The monoisotopic (exact) mass is 642 g/mol. The molecule has 0 aromatic rings. The minimum absolute atomic E-state index is 0.0988. The maximum atomic E-state index is 14.3. The van der Waals surface area contributed by atoms with Gasteiger partial charge in [0.15, 0.2) is 0 Å². The summed E-state index contributed by atoms with van der Waals surface area (Å²) in [6.45, 7) is 3.51. The molecule has 2 aliphatic carbocycles. The van der Waals surface area contributed by atoms with Crippen LogP contribution < -0.4 is 8.85 Å². The number of halogens is 7. The zero-order valence-electron chi connectivity index (χ0n) is 20.7. The Kier molecular flexibility index (Phi) is 9.75. The van der Waals surface area contributed by atoms with Gasteiger partial charge in [-0.3, -0.25) is 4.79 Å². The Morgan fingerprint density at radius 2 is 1.15 bits per heavy atom. The van der Waals surface area contributed by atoms with Crippen molar-refractivity contribution in [3.05, 3.63) is 0 Å². The third-order valence-electron chi connectivity index (χ3n) is 6.87.